The fourth-order valence-electron chi connectivity index (χ4n) is 1.77. The molecule has 0 saturated heterocycles. The highest BCUT2D eigenvalue weighted by Gasteiger charge is 2.16. The van der Waals surface area contributed by atoms with Crippen LogP contribution in [0.25, 0.3) is 0 Å². The molecule has 4 nitrogen and oxygen atoms in total. The van der Waals surface area contributed by atoms with Crippen molar-refractivity contribution in [3.8, 4) is 0 Å². The summed E-state index contributed by atoms with van der Waals surface area (Å²) in [5.41, 5.74) is 5.63. The maximum absolute atomic E-state index is 5.63. The molecule has 0 radical (unpaired) electrons. The SMILES string of the molecule is CCN(CC(CN)OC)C(C)CN(C)C. The number of ether oxygens (including phenoxy) is 1. The Hall–Kier alpha value is -0.160. The molecule has 0 saturated carbocycles. The molecule has 0 bridgehead atoms. The maximum Gasteiger partial charge on any atom is 0.0820 e. The molecule has 0 aliphatic carbocycles. The third-order valence-electron chi connectivity index (χ3n) is 2.69. The lowest BCUT2D eigenvalue weighted by Crippen LogP contribution is -2.45. The zero-order valence-corrected chi connectivity index (χ0v) is 10.9. The van der Waals surface area contributed by atoms with E-state index in [2.05, 4.69) is 37.7 Å². The molecule has 0 spiro atoms. The second-order valence-electron chi connectivity index (χ2n) is 4.29. The van der Waals surface area contributed by atoms with Gasteiger partial charge in [-0.05, 0) is 27.6 Å². The molecular weight excluding hydrogens is 190 g/mol. The number of hydrogen-bond donors (Lipinski definition) is 1. The van der Waals surface area contributed by atoms with E-state index >= 15 is 0 Å². The minimum atomic E-state index is 0.148. The quantitative estimate of drug-likeness (QED) is 0.632. The van der Waals surface area contributed by atoms with Crippen LogP contribution in [-0.4, -0.2) is 69.3 Å². The molecule has 0 aromatic heterocycles. The van der Waals surface area contributed by atoms with Crippen LogP contribution < -0.4 is 5.73 Å². The third-order valence-corrected chi connectivity index (χ3v) is 2.69. The van der Waals surface area contributed by atoms with E-state index in [1.54, 1.807) is 7.11 Å². The van der Waals surface area contributed by atoms with Crippen molar-refractivity contribution in [2.75, 3.05) is 47.4 Å². The van der Waals surface area contributed by atoms with Crippen LogP contribution in [0.15, 0.2) is 0 Å². The number of hydrogen-bond acceptors (Lipinski definition) is 4. The topological polar surface area (TPSA) is 41.7 Å². The van der Waals surface area contributed by atoms with Crippen LogP contribution >= 0.6 is 0 Å². The Balaban J connectivity index is 4.09. The Kier molecular flexibility index (Phi) is 7.96. The van der Waals surface area contributed by atoms with Gasteiger partial charge in [0.2, 0.25) is 0 Å². The summed E-state index contributed by atoms with van der Waals surface area (Å²) in [6.45, 7) is 8.02. The van der Waals surface area contributed by atoms with Gasteiger partial charge in [-0.2, -0.15) is 0 Å². The van der Waals surface area contributed by atoms with Gasteiger partial charge in [-0.3, -0.25) is 4.90 Å². The number of nitrogens with two attached hydrogens (primary N) is 1. The molecule has 0 aliphatic heterocycles. The van der Waals surface area contributed by atoms with Crippen LogP contribution in [-0.2, 0) is 4.74 Å². The summed E-state index contributed by atoms with van der Waals surface area (Å²) in [7, 11) is 5.92. The summed E-state index contributed by atoms with van der Waals surface area (Å²) in [6.07, 6.45) is 0.148. The third kappa shape index (κ3) is 6.10. The lowest BCUT2D eigenvalue weighted by atomic mass is 10.2. The van der Waals surface area contributed by atoms with Crippen molar-refractivity contribution in [3.05, 3.63) is 0 Å². The molecule has 2 N–H and O–H groups in total. The summed E-state index contributed by atoms with van der Waals surface area (Å²) in [5, 5.41) is 0. The van der Waals surface area contributed by atoms with Gasteiger partial charge in [0.05, 0.1) is 6.10 Å². The lowest BCUT2D eigenvalue weighted by molar-refractivity contribution is 0.0538. The zero-order valence-electron chi connectivity index (χ0n) is 10.9. The largest absolute Gasteiger partial charge is 0.379 e. The second-order valence-corrected chi connectivity index (χ2v) is 4.29. The molecule has 15 heavy (non-hydrogen) atoms. The summed E-state index contributed by atoms with van der Waals surface area (Å²) >= 11 is 0. The van der Waals surface area contributed by atoms with Gasteiger partial charge in [-0.1, -0.05) is 6.92 Å². The Labute approximate surface area is 94.4 Å². The van der Waals surface area contributed by atoms with Crippen molar-refractivity contribution >= 4 is 0 Å². The van der Waals surface area contributed by atoms with E-state index in [1.807, 2.05) is 0 Å². The average Bonchev–Trinajstić information content (AvgIpc) is 2.18. The highest BCUT2D eigenvalue weighted by atomic mass is 16.5. The lowest BCUT2D eigenvalue weighted by Gasteiger charge is -2.32. The first kappa shape index (κ1) is 14.8. The molecule has 0 rings (SSSR count). The molecule has 0 heterocycles. The van der Waals surface area contributed by atoms with Crippen molar-refractivity contribution in [1.29, 1.82) is 0 Å². The van der Waals surface area contributed by atoms with E-state index in [1.165, 1.54) is 0 Å². The Morgan fingerprint density at radius 2 is 1.87 bits per heavy atom. The van der Waals surface area contributed by atoms with Gasteiger partial charge in [-0.15, -0.1) is 0 Å². The Bertz CT molecular complexity index is 149. The second kappa shape index (κ2) is 8.05. The first-order chi connectivity index (χ1) is 7.04. The van der Waals surface area contributed by atoms with Crippen molar-refractivity contribution in [2.24, 2.45) is 5.73 Å². The molecule has 0 fully saturated rings. The van der Waals surface area contributed by atoms with Crippen molar-refractivity contribution in [1.82, 2.24) is 9.80 Å². The summed E-state index contributed by atoms with van der Waals surface area (Å²) in [4.78, 5) is 4.61. The predicted molar refractivity (Wildman–Crippen MR) is 65.1 cm³/mol. The molecule has 4 heteroatoms. The first-order valence-corrected chi connectivity index (χ1v) is 5.66. The first-order valence-electron chi connectivity index (χ1n) is 5.66. The molecule has 0 aromatic rings. The van der Waals surface area contributed by atoms with E-state index < -0.39 is 0 Å². The standard InChI is InChI=1S/C11H27N3O/c1-6-14(9-11(7-12)15-5)10(2)8-13(3)4/h10-11H,6-9,12H2,1-5H3. The van der Waals surface area contributed by atoms with E-state index in [0.717, 1.165) is 19.6 Å². The summed E-state index contributed by atoms with van der Waals surface area (Å²) in [6, 6.07) is 0.536. The minimum Gasteiger partial charge on any atom is -0.379 e. The molecule has 0 aromatic carbocycles. The normalized spacial score (nSPS) is 16.0. The Morgan fingerprint density at radius 1 is 1.27 bits per heavy atom. The predicted octanol–water partition coefficient (Wildman–Crippen LogP) is 0.232. The summed E-state index contributed by atoms with van der Waals surface area (Å²) < 4.78 is 5.31. The highest BCUT2D eigenvalue weighted by Crippen LogP contribution is 2.03. The fourth-order valence-corrected chi connectivity index (χ4v) is 1.77. The van der Waals surface area contributed by atoms with Crippen molar-refractivity contribution < 1.29 is 4.74 Å². The van der Waals surface area contributed by atoms with E-state index in [4.69, 9.17) is 10.5 Å². The number of rotatable bonds is 8. The fraction of sp³-hybridized carbons (Fsp3) is 1.00. The monoisotopic (exact) mass is 217 g/mol. The van der Waals surface area contributed by atoms with E-state index in [0.29, 0.717) is 12.6 Å². The number of methoxy groups -OCH3 is 1. The molecule has 2 atom stereocenters. The van der Waals surface area contributed by atoms with Crippen molar-refractivity contribution in [2.45, 2.75) is 26.0 Å². The maximum atomic E-state index is 5.63. The smallest absolute Gasteiger partial charge is 0.0820 e. The van der Waals surface area contributed by atoms with Crippen LogP contribution in [0, 0.1) is 0 Å². The van der Waals surface area contributed by atoms with Gasteiger partial charge in [0.15, 0.2) is 0 Å². The Morgan fingerprint density at radius 3 is 2.20 bits per heavy atom. The minimum absolute atomic E-state index is 0.148. The number of nitrogens with zero attached hydrogens (tertiary/aromatic N) is 2. The molecule has 0 amide bonds. The van der Waals surface area contributed by atoms with Gasteiger partial charge in [0.25, 0.3) is 0 Å². The summed E-state index contributed by atoms with van der Waals surface area (Å²) in [5.74, 6) is 0. The van der Waals surface area contributed by atoms with Gasteiger partial charge >= 0.3 is 0 Å². The van der Waals surface area contributed by atoms with Gasteiger partial charge in [0, 0.05) is 32.8 Å². The van der Waals surface area contributed by atoms with Gasteiger partial charge in [-0.25, -0.2) is 0 Å². The van der Waals surface area contributed by atoms with E-state index in [9.17, 15) is 0 Å². The van der Waals surface area contributed by atoms with Crippen LogP contribution in [0.3, 0.4) is 0 Å². The van der Waals surface area contributed by atoms with Crippen LogP contribution in [0.2, 0.25) is 0 Å². The van der Waals surface area contributed by atoms with Gasteiger partial charge in [0.1, 0.15) is 0 Å². The molecular formula is C11H27N3O. The van der Waals surface area contributed by atoms with Crippen LogP contribution in [0.1, 0.15) is 13.8 Å². The van der Waals surface area contributed by atoms with Crippen LogP contribution in [0.5, 0.6) is 0 Å². The molecule has 2 unspecified atom stereocenters. The molecule has 0 aliphatic rings. The van der Waals surface area contributed by atoms with Crippen LogP contribution in [0.4, 0.5) is 0 Å². The average molecular weight is 217 g/mol. The highest BCUT2D eigenvalue weighted by molar-refractivity contribution is 4.72. The molecule has 92 valence electrons. The number of likely N-dealkylation sites (N-methyl/N-ethyl adjacent to an activating group) is 2. The van der Waals surface area contributed by atoms with Crippen molar-refractivity contribution in [3.63, 3.8) is 0 Å². The van der Waals surface area contributed by atoms with E-state index in [-0.39, 0.29) is 6.10 Å². The zero-order chi connectivity index (χ0) is 11.8. The van der Waals surface area contributed by atoms with Gasteiger partial charge < -0.3 is 15.4 Å².